The Bertz CT molecular complexity index is 299. The predicted molar refractivity (Wildman–Crippen MR) is 89.7 cm³/mol. The summed E-state index contributed by atoms with van der Waals surface area (Å²) in [6.45, 7) is 3.88. The second kappa shape index (κ2) is 15.0. The molecule has 0 fully saturated rings. The van der Waals surface area contributed by atoms with E-state index in [1.165, 1.54) is 44.1 Å². The van der Waals surface area contributed by atoms with Crippen LogP contribution in [0.5, 0.6) is 0 Å². The van der Waals surface area contributed by atoms with Crippen molar-refractivity contribution in [2.45, 2.75) is 84.2 Å². The van der Waals surface area contributed by atoms with E-state index in [9.17, 15) is 4.79 Å². The Morgan fingerprint density at radius 2 is 1.77 bits per heavy atom. The molecular weight excluding hydrogens is 280 g/mol. The van der Waals surface area contributed by atoms with E-state index in [-0.39, 0.29) is 19.2 Å². The van der Waals surface area contributed by atoms with Gasteiger partial charge in [0.2, 0.25) is 0 Å². The van der Waals surface area contributed by atoms with Crippen LogP contribution >= 0.6 is 0 Å². The van der Waals surface area contributed by atoms with Crippen molar-refractivity contribution in [3.63, 3.8) is 0 Å². The molecule has 2 N–H and O–H groups in total. The molecule has 0 heterocycles. The van der Waals surface area contributed by atoms with E-state index in [0.717, 1.165) is 19.3 Å². The van der Waals surface area contributed by atoms with Gasteiger partial charge in [0.05, 0.1) is 6.61 Å². The Kier molecular flexibility index (Phi) is 14.4. The quantitative estimate of drug-likeness (QED) is 0.291. The zero-order chi connectivity index (χ0) is 16.6. The number of rotatable bonds is 14. The van der Waals surface area contributed by atoms with Crippen molar-refractivity contribution in [3.8, 4) is 0 Å². The second-order valence-corrected chi connectivity index (χ2v) is 5.98. The Balaban J connectivity index is 3.52. The minimum absolute atomic E-state index is 0.123. The predicted octanol–water partition coefficient (Wildman–Crippen LogP) is 3.75. The van der Waals surface area contributed by atoms with Gasteiger partial charge in [0.15, 0.2) is 0 Å². The van der Waals surface area contributed by atoms with Crippen LogP contribution in [0.2, 0.25) is 0 Å². The molecule has 0 aliphatic rings. The van der Waals surface area contributed by atoms with Gasteiger partial charge in [-0.3, -0.25) is 4.79 Å². The summed E-state index contributed by atoms with van der Waals surface area (Å²) < 4.78 is 4.84. The molecule has 0 spiro atoms. The van der Waals surface area contributed by atoms with Gasteiger partial charge in [-0.05, 0) is 32.6 Å². The summed E-state index contributed by atoms with van der Waals surface area (Å²) in [4.78, 5) is 11.4. The first kappa shape index (κ1) is 21.1. The molecule has 4 nitrogen and oxygen atoms in total. The van der Waals surface area contributed by atoms with Crippen molar-refractivity contribution in [1.82, 2.24) is 0 Å². The number of carbonyl (C=O) groups is 1. The summed E-state index contributed by atoms with van der Waals surface area (Å²) in [6, 6.07) is 0. The maximum absolute atomic E-state index is 11.4. The smallest absolute Gasteiger partial charge is 0.305 e. The fraction of sp³-hybridized carbons (Fsp3) is 0.833. The van der Waals surface area contributed by atoms with E-state index in [1.807, 2.05) is 0 Å². The van der Waals surface area contributed by atoms with Gasteiger partial charge in [-0.1, -0.05) is 50.7 Å². The van der Waals surface area contributed by atoms with Gasteiger partial charge in [-0.25, -0.2) is 0 Å². The van der Waals surface area contributed by atoms with Crippen LogP contribution in [0, 0.1) is 0 Å². The number of aliphatic hydroxyl groups excluding tert-OH is 2. The SMILES string of the molecule is CCCCCCCC/C(C)=C/CCCC(=O)OCC(O)CO. The number of hydrogen-bond acceptors (Lipinski definition) is 4. The van der Waals surface area contributed by atoms with Crippen LogP contribution in [-0.4, -0.2) is 35.5 Å². The van der Waals surface area contributed by atoms with Crippen LogP contribution in [-0.2, 0) is 9.53 Å². The first-order valence-electron chi connectivity index (χ1n) is 8.70. The number of ether oxygens (including phenoxy) is 1. The first-order valence-corrected chi connectivity index (χ1v) is 8.70. The van der Waals surface area contributed by atoms with Crippen molar-refractivity contribution in [2.24, 2.45) is 0 Å². The first-order chi connectivity index (χ1) is 10.6. The third kappa shape index (κ3) is 14.1. The van der Waals surface area contributed by atoms with Gasteiger partial charge < -0.3 is 14.9 Å². The maximum atomic E-state index is 11.4. The molecule has 1 unspecified atom stereocenters. The lowest BCUT2D eigenvalue weighted by Gasteiger charge is -2.08. The Morgan fingerprint density at radius 3 is 2.45 bits per heavy atom. The van der Waals surface area contributed by atoms with E-state index in [1.54, 1.807) is 0 Å². The minimum Gasteiger partial charge on any atom is -0.463 e. The summed E-state index contributed by atoms with van der Waals surface area (Å²) in [5.41, 5.74) is 1.40. The Labute approximate surface area is 135 Å². The van der Waals surface area contributed by atoms with Gasteiger partial charge in [0.25, 0.3) is 0 Å². The number of aliphatic hydroxyl groups is 2. The normalized spacial score (nSPS) is 13.2. The molecule has 4 heteroatoms. The highest BCUT2D eigenvalue weighted by atomic mass is 16.5. The van der Waals surface area contributed by atoms with Crippen LogP contribution in [0.4, 0.5) is 0 Å². The Hall–Kier alpha value is -0.870. The van der Waals surface area contributed by atoms with Gasteiger partial charge >= 0.3 is 5.97 Å². The summed E-state index contributed by atoms with van der Waals surface area (Å²) >= 11 is 0. The highest BCUT2D eigenvalue weighted by Gasteiger charge is 2.06. The number of unbranched alkanes of at least 4 members (excludes halogenated alkanes) is 6. The van der Waals surface area contributed by atoms with Gasteiger partial charge in [0, 0.05) is 6.42 Å². The third-order valence-corrected chi connectivity index (χ3v) is 3.65. The second-order valence-electron chi connectivity index (χ2n) is 5.98. The highest BCUT2D eigenvalue weighted by molar-refractivity contribution is 5.69. The van der Waals surface area contributed by atoms with E-state index >= 15 is 0 Å². The van der Waals surface area contributed by atoms with Gasteiger partial charge in [-0.15, -0.1) is 0 Å². The molecule has 0 aromatic rings. The molecular formula is C18H34O4. The molecule has 0 aliphatic heterocycles. The molecule has 22 heavy (non-hydrogen) atoms. The van der Waals surface area contributed by atoms with Crippen LogP contribution in [0.3, 0.4) is 0 Å². The molecule has 0 rings (SSSR count). The zero-order valence-corrected chi connectivity index (χ0v) is 14.4. The molecule has 0 aromatic heterocycles. The van der Waals surface area contributed by atoms with Crippen molar-refractivity contribution in [3.05, 3.63) is 11.6 Å². The van der Waals surface area contributed by atoms with Crippen LogP contribution < -0.4 is 0 Å². The van der Waals surface area contributed by atoms with E-state index in [4.69, 9.17) is 14.9 Å². The van der Waals surface area contributed by atoms with Crippen LogP contribution in [0.1, 0.15) is 78.1 Å². The fourth-order valence-corrected chi connectivity index (χ4v) is 2.20. The summed E-state index contributed by atoms with van der Waals surface area (Å²) in [5, 5.41) is 17.7. The molecule has 130 valence electrons. The molecule has 0 saturated carbocycles. The summed E-state index contributed by atoms with van der Waals surface area (Å²) in [5.74, 6) is -0.311. The number of hydrogen-bond donors (Lipinski definition) is 2. The largest absolute Gasteiger partial charge is 0.463 e. The van der Waals surface area contributed by atoms with Crippen molar-refractivity contribution < 1.29 is 19.7 Å². The lowest BCUT2D eigenvalue weighted by Crippen LogP contribution is -2.21. The molecule has 1 atom stereocenters. The van der Waals surface area contributed by atoms with Gasteiger partial charge in [0.1, 0.15) is 12.7 Å². The topological polar surface area (TPSA) is 66.8 Å². The molecule has 0 aliphatic carbocycles. The monoisotopic (exact) mass is 314 g/mol. The fourth-order valence-electron chi connectivity index (χ4n) is 2.20. The summed E-state index contributed by atoms with van der Waals surface area (Å²) in [6.07, 6.45) is 12.3. The lowest BCUT2D eigenvalue weighted by molar-refractivity contribution is -0.147. The third-order valence-electron chi connectivity index (χ3n) is 3.65. The number of allylic oxidation sites excluding steroid dienone is 2. The molecule has 0 amide bonds. The Morgan fingerprint density at radius 1 is 1.09 bits per heavy atom. The minimum atomic E-state index is -0.969. The van der Waals surface area contributed by atoms with E-state index in [2.05, 4.69) is 19.9 Å². The van der Waals surface area contributed by atoms with E-state index in [0.29, 0.717) is 6.42 Å². The summed E-state index contributed by atoms with van der Waals surface area (Å²) in [7, 11) is 0. The van der Waals surface area contributed by atoms with Crippen LogP contribution in [0.15, 0.2) is 11.6 Å². The lowest BCUT2D eigenvalue weighted by atomic mass is 10.0. The molecule has 0 aromatic carbocycles. The number of carbonyl (C=O) groups excluding carboxylic acids is 1. The molecule has 0 saturated heterocycles. The average molecular weight is 314 g/mol. The van der Waals surface area contributed by atoms with Gasteiger partial charge in [-0.2, -0.15) is 0 Å². The molecule has 0 radical (unpaired) electrons. The van der Waals surface area contributed by atoms with Crippen LogP contribution in [0.25, 0.3) is 0 Å². The number of esters is 1. The van der Waals surface area contributed by atoms with Crippen molar-refractivity contribution in [2.75, 3.05) is 13.2 Å². The zero-order valence-electron chi connectivity index (χ0n) is 14.4. The standard InChI is InChI=1S/C18H34O4/c1-3-4-5-6-7-8-11-16(2)12-9-10-13-18(21)22-15-17(20)14-19/h12,17,19-20H,3-11,13-15H2,1-2H3/b16-12+. The molecule has 0 bridgehead atoms. The van der Waals surface area contributed by atoms with E-state index < -0.39 is 6.10 Å². The van der Waals surface area contributed by atoms with Crippen molar-refractivity contribution >= 4 is 5.97 Å². The average Bonchev–Trinajstić information content (AvgIpc) is 2.52. The van der Waals surface area contributed by atoms with Crippen molar-refractivity contribution in [1.29, 1.82) is 0 Å². The highest BCUT2D eigenvalue weighted by Crippen LogP contribution is 2.12. The maximum Gasteiger partial charge on any atom is 0.305 e.